The summed E-state index contributed by atoms with van der Waals surface area (Å²) in [5.41, 5.74) is -0.573. The molecule has 0 radical (unpaired) electrons. The number of hydrogen-bond donors (Lipinski definition) is 1. The van der Waals surface area contributed by atoms with Gasteiger partial charge in [0.05, 0.1) is 5.56 Å². The van der Waals surface area contributed by atoms with Gasteiger partial charge >= 0.3 is 0 Å². The van der Waals surface area contributed by atoms with Crippen molar-refractivity contribution in [3.8, 4) is 6.07 Å². The van der Waals surface area contributed by atoms with Crippen LogP contribution in [0.15, 0.2) is 18.2 Å². The number of benzene rings is 1. The van der Waals surface area contributed by atoms with Crippen molar-refractivity contribution < 1.29 is 14.3 Å². The first-order valence-corrected chi connectivity index (χ1v) is 8.44. The van der Waals surface area contributed by atoms with Crippen molar-refractivity contribution in [1.82, 2.24) is 9.80 Å². The first kappa shape index (κ1) is 16.9. The minimum atomic E-state index is -1.34. The van der Waals surface area contributed by atoms with Crippen LogP contribution in [-0.4, -0.2) is 52.6 Å². The predicted molar refractivity (Wildman–Crippen MR) is 86.4 cm³/mol. The van der Waals surface area contributed by atoms with E-state index >= 15 is 0 Å². The van der Waals surface area contributed by atoms with Crippen molar-refractivity contribution in [3.63, 3.8) is 0 Å². The Bertz CT molecular complexity index is 667. The molecule has 0 aromatic heterocycles. The Balaban J connectivity index is 1.68. The fraction of sp³-hybridized carbons (Fsp3) is 0.556. The van der Waals surface area contributed by atoms with Gasteiger partial charge in [-0.3, -0.25) is 9.69 Å². The lowest BCUT2D eigenvalue weighted by molar-refractivity contribution is -0.156. The van der Waals surface area contributed by atoms with E-state index in [9.17, 15) is 14.3 Å². The molecular weight excluding hydrogens is 309 g/mol. The molecule has 1 atom stereocenters. The van der Waals surface area contributed by atoms with Gasteiger partial charge in [-0.15, -0.1) is 0 Å². The second-order valence-electron chi connectivity index (χ2n) is 6.77. The summed E-state index contributed by atoms with van der Waals surface area (Å²) in [5.74, 6) is -0.703. The first-order valence-electron chi connectivity index (χ1n) is 8.44. The largest absolute Gasteiger partial charge is 0.379 e. The average Bonchev–Trinajstić information content (AvgIpc) is 3.09. The summed E-state index contributed by atoms with van der Waals surface area (Å²) < 4.78 is 13.7. The van der Waals surface area contributed by atoms with E-state index in [1.165, 1.54) is 12.1 Å². The van der Waals surface area contributed by atoms with Gasteiger partial charge in [-0.1, -0.05) is 6.07 Å². The van der Waals surface area contributed by atoms with E-state index in [1.807, 2.05) is 4.90 Å². The molecule has 2 fully saturated rings. The maximum atomic E-state index is 13.7. The Hall–Kier alpha value is -1.97. The van der Waals surface area contributed by atoms with Crippen molar-refractivity contribution in [3.05, 3.63) is 35.1 Å². The van der Waals surface area contributed by atoms with E-state index in [0.717, 1.165) is 44.5 Å². The highest BCUT2D eigenvalue weighted by atomic mass is 19.1. The topological polar surface area (TPSA) is 67.6 Å². The van der Waals surface area contributed by atoms with Crippen LogP contribution < -0.4 is 0 Å². The summed E-state index contributed by atoms with van der Waals surface area (Å²) in [6.45, 7) is 2.93. The number of hydrogen-bond acceptors (Lipinski definition) is 4. The molecule has 0 spiro atoms. The summed E-state index contributed by atoms with van der Waals surface area (Å²) in [5, 5.41) is 19.6. The highest BCUT2D eigenvalue weighted by Gasteiger charge is 2.43. The van der Waals surface area contributed by atoms with Crippen LogP contribution in [0.25, 0.3) is 0 Å². The van der Waals surface area contributed by atoms with Crippen molar-refractivity contribution >= 4 is 5.91 Å². The normalized spacial score (nSPS) is 24.8. The number of nitriles is 1. The molecule has 2 aliphatic rings. The standard InChI is InChI=1S/C18H22FN3O2/c19-16-10-14(4-5-15(16)11-20)12-21-7-3-6-18(24,13-21)17(23)22-8-1-2-9-22/h4-5,10,24H,1-3,6-9,12-13H2. The highest BCUT2D eigenvalue weighted by molar-refractivity contribution is 5.85. The van der Waals surface area contributed by atoms with Gasteiger partial charge in [0.15, 0.2) is 5.60 Å². The maximum Gasteiger partial charge on any atom is 0.255 e. The number of carbonyl (C=O) groups excluding carboxylic acids is 1. The summed E-state index contributed by atoms with van der Waals surface area (Å²) >= 11 is 0. The van der Waals surface area contributed by atoms with Crippen molar-refractivity contribution in [1.29, 1.82) is 5.26 Å². The number of carbonyl (C=O) groups is 1. The molecule has 1 amide bonds. The van der Waals surface area contributed by atoms with E-state index < -0.39 is 11.4 Å². The molecule has 6 heteroatoms. The third kappa shape index (κ3) is 3.42. The van der Waals surface area contributed by atoms with Gasteiger partial charge in [0.2, 0.25) is 0 Å². The fourth-order valence-corrected chi connectivity index (χ4v) is 3.65. The molecule has 24 heavy (non-hydrogen) atoms. The predicted octanol–water partition coefficient (Wildman–Crippen LogP) is 1.65. The van der Waals surface area contributed by atoms with E-state index in [1.54, 1.807) is 17.0 Å². The minimum absolute atomic E-state index is 0.0260. The number of aliphatic hydroxyl groups is 1. The quantitative estimate of drug-likeness (QED) is 0.914. The second kappa shape index (κ2) is 6.88. The number of halogens is 1. The van der Waals surface area contributed by atoms with Gasteiger partial charge in [0, 0.05) is 26.2 Å². The molecule has 1 aromatic rings. The van der Waals surface area contributed by atoms with E-state index in [0.29, 0.717) is 13.0 Å². The highest BCUT2D eigenvalue weighted by Crippen LogP contribution is 2.26. The van der Waals surface area contributed by atoms with Crippen LogP contribution in [0, 0.1) is 17.1 Å². The molecule has 1 unspecified atom stereocenters. The molecule has 128 valence electrons. The molecule has 2 aliphatic heterocycles. The number of rotatable bonds is 3. The van der Waals surface area contributed by atoms with Crippen LogP contribution in [-0.2, 0) is 11.3 Å². The molecule has 2 heterocycles. The van der Waals surface area contributed by atoms with Crippen LogP contribution in [0.5, 0.6) is 0 Å². The van der Waals surface area contributed by atoms with Gasteiger partial charge in [0.25, 0.3) is 5.91 Å². The molecule has 2 saturated heterocycles. The molecule has 0 aliphatic carbocycles. The third-order valence-electron chi connectivity index (χ3n) is 4.90. The maximum absolute atomic E-state index is 13.7. The van der Waals surface area contributed by atoms with E-state index in [-0.39, 0.29) is 18.0 Å². The lowest BCUT2D eigenvalue weighted by Crippen LogP contribution is -2.57. The monoisotopic (exact) mass is 331 g/mol. The Kier molecular flexibility index (Phi) is 4.83. The van der Waals surface area contributed by atoms with Crippen LogP contribution in [0.4, 0.5) is 4.39 Å². The number of β-amino-alcohol motifs (C(OH)–C–C–N with tert-alkyl or cyclic N) is 1. The average molecular weight is 331 g/mol. The smallest absolute Gasteiger partial charge is 0.255 e. The Morgan fingerprint density at radius 2 is 2.04 bits per heavy atom. The van der Waals surface area contributed by atoms with Crippen molar-refractivity contribution in [2.24, 2.45) is 0 Å². The van der Waals surface area contributed by atoms with Gasteiger partial charge < -0.3 is 10.0 Å². The van der Waals surface area contributed by atoms with Gasteiger partial charge in [-0.05, 0) is 49.9 Å². The molecule has 0 saturated carbocycles. The van der Waals surface area contributed by atoms with Crippen molar-refractivity contribution in [2.75, 3.05) is 26.2 Å². The van der Waals surface area contributed by atoms with Crippen molar-refractivity contribution in [2.45, 2.75) is 37.8 Å². The number of piperidine rings is 1. The zero-order valence-corrected chi connectivity index (χ0v) is 13.7. The zero-order valence-electron chi connectivity index (χ0n) is 13.7. The Morgan fingerprint density at radius 1 is 1.29 bits per heavy atom. The van der Waals surface area contributed by atoms with Gasteiger partial charge in [0.1, 0.15) is 11.9 Å². The Labute approximate surface area is 141 Å². The Morgan fingerprint density at radius 3 is 2.71 bits per heavy atom. The van der Waals surface area contributed by atoms with Crippen LogP contribution in [0.3, 0.4) is 0 Å². The summed E-state index contributed by atoms with van der Waals surface area (Å²) in [4.78, 5) is 16.4. The zero-order chi connectivity index (χ0) is 17.2. The van der Waals surface area contributed by atoms with Crippen LogP contribution >= 0.6 is 0 Å². The summed E-state index contributed by atoms with van der Waals surface area (Å²) in [6, 6.07) is 6.35. The molecule has 3 rings (SSSR count). The minimum Gasteiger partial charge on any atom is -0.379 e. The summed E-state index contributed by atoms with van der Waals surface area (Å²) in [6.07, 6.45) is 3.20. The second-order valence-corrected chi connectivity index (χ2v) is 6.77. The summed E-state index contributed by atoms with van der Waals surface area (Å²) in [7, 11) is 0. The SMILES string of the molecule is N#Cc1ccc(CN2CCCC(O)(C(=O)N3CCCC3)C2)cc1F. The molecule has 5 nitrogen and oxygen atoms in total. The molecular formula is C18H22FN3O2. The number of nitrogens with zero attached hydrogens (tertiary/aromatic N) is 3. The third-order valence-corrected chi connectivity index (χ3v) is 4.90. The lowest BCUT2D eigenvalue weighted by atomic mass is 9.91. The van der Waals surface area contributed by atoms with Crippen LogP contribution in [0.1, 0.15) is 36.8 Å². The lowest BCUT2D eigenvalue weighted by Gasteiger charge is -2.40. The fourth-order valence-electron chi connectivity index (χ4n) is 3.65. The first-order chi connectivity index (χ1) is 11.5. The van der Waals surface area contributed by atoms with E-state index in [4.69, 9.17) is 5.26 Å². The molecule has 0 bridgehead atoms. The van der Waals surface area contributed by atoms with Gasteiger partial charge in [-0.25, -0.2) is 4.39 Å². The van der Waals surface area contributed by atoms with E-state index in [2.05, 4.69) is 0 Å². The molecule has 1 aromatic carbocycles. The van der Waals surface area contributed by atoms with Gasteiger partial charge in [-0.2, -0.15) is 5.26 Å². The number of amides is 1. The number of likely N-dealkylation sites (tertiary alicyclic amines) is 2. The molecule has 1 N–H and O–H groups in total. The van der Waals surface area contributed by atoms with Crippen LogP contribution in [0.2, 0.25) is 0 Å².